The molecule has 0 saturated heterocycles. The van der Waals surface area contributed by atoms with Crippen molar-refractivity contribution in [2.75, 3.05) is 32.5 Å². The zero-order valence-electron chi connectivity index (χ0n) is 11.6. The molecule has 0 unspecified atom stereocenters. The van der Waals surface area contributed by atoms with Crippen molar-refractivity contribution in [3.05, 3.63) is 21.0 Å². The first-order valence-electron chi connectivity index (χ1n) is 5.83. The van der Waals surface area contributed by atoms with E-state index in [1.165, 1.54) is 4.68 Å². The van der Waals surface area contributed by atoms with Gasteiger partial charge in [0.05, 0.1) is 11.9 Å². The highest BCUT2D eigenvalue weighted by Gasteiger charge is 2.19. The third-order valence-electron chi connectivity index (χ3n) is 2.58. The van der Waals surface area contributed by atoms with E-state index in [1.807, 2.05) is 0 Å². The fourth-order valence-corrected chi connectivity index (χ4v) is 2.38. The molecule has 1 N–H and O–H groups in total. The number of hydrogen-bond acceptors (Lipinski definition) is 4. The summed E-state index contributed by atoms with van der Waals surface area (Å²) in [6.45, 7) is 6.11. The number of halogens is 1. The first-order valence-corrected chi connectivity index (χ1v) is 6.63. The SMILES string of the molecule is CN(C)CC(C)(C)CNc1cnn(C)c(=O)c1Br. The van der Waals surface area contributed by atoms with E-state index < -0.39 is 0 Å². The smallest absolute Gasteiger partial charge is 0.282 e. The summed E-state index contributed by atoms with van der Waals surface area (Å²) in [5, 5.41) is 7.28. The molecule has 0 aliphatic carbocycles. The number of rotatable bonds is 5. The lowest BCUT2D eigenvalue weighted by atomic mass is 9.93. The van der Waals surface area contributed by atoms with Crippen molar-refractivity contribution in [2.24, 2.45) is 12.5 Å². The van der Waals surface area contributed by atoms with Crippen LogP contribution in [0.15, 0.2) is 15.5 Å². The molecule has 0 spiro atoms. The van der Waals surface area contributed by atoms with Crippen molar-refractivity contribution < 1.29 is 0 Å². The summed E-state index contributed by atoms with van der Waals surface area (Å²) >= 11 is 3.30. The molecule has 0 aromatic carbocycles. The maximum atomic E-state index is 11.7. The number of hydrogen-bond donors (Lipinski definition) is 1. The number of anilines is 1. The minimum absolute atomic E-state index is 0.115. The van der Waals surface area contributed by atoms with Crippen LogP contribution in [0.3, 0.4) is 0 Å². The van der Waals surface area contributed by atoms with Gasteiger partial charge in [0, 0.05) is 20.1 Å². The molecule has 18 heavy (non-hydrogen) atoms. The Bertz CT molecular complexity index is 468. The summed E-state index contributed by atoms with van der Waals surface area (Å²) in [5.41, 5.74) is 0.722. The molecule has 1 aromatic heterocycles. The van der Waals surface area contributed by atoms with E-state index in [-0.39, 0.29) is 11.0 Å². The molecule has 0 aliphatic heterocycles. The first kappa shape index (κ1) is 15.2. The van der Waals surface area contributed by atoms with E-state index in [1.54, 1.807) is 13.2 Å². The standard InChI is InChI=1S/C12H21BrN4O/c1-12(2,8-16(3)4)7-14-9-6-15-17(5)11(18)10(9)13/h6,14H,7-8H2,1-5H3. The summed E-state index contributed by atoms with van der Waals surface area (Å²) in [4.78, 5) is 13.8. The average Bonchev–Trinajstić information content (AvgIpc) is 2.23. The molecule has 6 heteroatoms. The quantitative estimate of drug-likeness (QED) is 0.895. The number of aryl methyl sites for hydroxylation is 1. The fourth-order valence-electron chi connectivity index (χ4n) is 1.88. The molecule has 0 aliphatic rings. The van der Waals surface area contributed by atoms with Gasteiger partial charge in [0.2, 0.25) is 0 Å². The molecule has 0 bridgehead atoms. The van der Waals surface area contributed by atoms with Crippen molar-refractivity contribution >= 4 is 21.6 Å². The Kier molecular flexibility index (Phi) is 4.92. The van der Waals surface area contributed by atoms with Crippen LogP contribution in [0.5, 0.6) is 0 Å². The number of nitrogens with zero attached hydrogens (tertiary/aromatic N) is 3. The van der Waals surface area contributed by atoms with Gasteiger partial charge in [-0.25, -0.2) is 4.68 Å². The van der Waals surface area contributed by atoms with Crippen LogP contribution in [0.1, 0.15) is 13.8 Å². The molecule has 0 radical (unpaired) electrons. The van der Waals surface area contributed by atoms with Crippen molar-refractivity contribution in [1.82, 2.24) is 14.7 Å². The van der Waals surface area contributed by atoms with Crippen molar-refractivity contribution in [3.8, 4) is 0 Å². The lowest BCUT2D eigenvalue weighted by Crippen LogP contribution is -2.34. The molecule has 102 valence electrons. The topological polar surface area (TPSA) is 50.2 Å². The highest BCUT2D eigenvalue weighted by Crippen LogP contribution is 2.20. The Balaban J connectivity index is 2.75. The summed E-state index contributed by atoms with van der Waals surface area (Å²) in [7, 11) is 5.74. The van der Waals surface area contributed by atoms with Crippen LogP contribution >= 0.6 is 15.9 Å². The molecule has 0 saturated carbocycles. The second-order valence-corrected chi connectivity index (χ2v) is 6.35. The van der Waals surface area contributed by atoms with E-state index in [4.69, 9.17) is 0 Å². The molecular weight excluding hydrogens is 296 g/mol. The van der Waals surface area contributed by atoms with E-state index in [0.717, 1.165) is 18.8 Å². The average molecular weight is 317 g/mol. The number of nitrogens with one attached hydrogen (secondary N) is 1. The maximum Gasteiger partial charge on any atom is 0.282 e. The van der Waals surface area contributed by atoms with Crippen molar-refractivity contribution in [2.45, 2.75) is 13.8 Å². The predicted molar refractivity (Wildman–Crippen MR) is 78.0 cm³/mol. The highest BCUT2D eigenvalue weighted by atomic mass is 79.9. The molecule has 0 fully saturated rings. The third-order valence-corrected chi connectivity index (χ3v) is 3.35. The Morgan fingerprint density at radius 3 is 2.67 bits per heavy atom. The summed E-state index contributed by atoms with van der Waals surface area (Å²) in [5.74, 6) is 0. The van der Waals surface area contributed by atoms with Gasteiger partial charge in [-0.3, -0.25) is 4.79 Å². The molecule has 5 nitrogen and oxygen atoms in total. The van der Waals surface area contributed by atoms with Crippen LogP contribution in [0.25, 0.3) is 0 Å². The van der Waals surface area contributed by atoms with Gasteiger partial charge in [-0.1, -0.05) is 13.8 Å². The Labute approximate surface area is 116 Å². The highest BCUT2D eigenvalue weighted by molar-refractivity contribution is 9.10. The summed E-state index contributed by atoms with van der Waals surface area (Å²) < 4.78 is 1.83. The minimum Gasteiger partial charge on any atom is -0.382 e. The van der Waals surface area contributed by atoms with Gasteiger partial charge >= 0.3 is 0 Å². The molecule has 1 heterocycles. The Morgan fingerprint density at radius 1 is 1.50 bits per heavy atom. The molecule has 1 rings (SSSR count). The van der Waals surface area contributed by atoms with Gasteiger partial charge in [0.25, 0.3) is 5.56 Å². The van der Waals surface area contributed by atoms with Gasteiger partial charge in [-0.2, -0.15) is 5.10 Å². The molecular formula is C12H21BrN4O. The summed E-state index contributed by atoms with van der Waals surface area (Å²) in [6, 6.07) is 0. The van der Waals surface area contributed by atoms with Gasteiger partial charge in [0.15, 0.2) is 0 Å². The third kappa shape index (κ3) is 4.10. The zero-order chi connectivity index (χ0) is 13.9. The van der Waals surface area contributed by atoms with Gasteiger partial charge in [-0.15, -0.1) is 0 Å². The van der Waals surface area contributed by atoms with Crippen molar-refractivity contribution in [3.63, 3.8) is 0 Å². The summed E-state index contributed by atoms with van der Waals surface area (Å²) in [6.07, 6.45) is 1.66. The molecule has 0 amide bonds. The Morgan fingerprint density at radius 2 is 2.11 bits per heavy atom. The molecule has 0 atom stereocenters. The van der Waals surface area contributed by atoms with E-state index >= 15 is 0 Å². The predicted octanol–water partition coefficient (Wildman–Crippen LogP) is 1.54. The second-order valence-electron chi connectivity index (χ2n) is 5.56. The van der Waals surface area contributed by atoms with Crippen LogP contribution < -0.4 is 10.9 Å². The normalized spacial score (nSPS) is 11.9. The fraction of sp³-hybridized carbons (Fsp3) is 0.667. The lowest BCUT2D eigenvalue weighted by molar-refractivity contribution is 0.254. The minimum atomic E-state index is -0.134. The van der Waals surface area contributed by atoms with E-state index in [0.29, 0.717) is 4.47 Å². The largest absolute Gasteiger partial charge is 0.382 e. The van der Waals surface area contributed by atoms with Gasteiger partial charge in [0.1, 0.15) is 4.47 Å². The lowest BCUT2D eigenvalue weighted by Gasteiger charge is -2.29. The van der Waals surface area contributed by atoms with Crippen LogP contribution in [-0.4, -0.2) is 41.9 Å². The maximum absolute atomic E-state index is 11.7. The van der Waals surface area contributed by atoms with Crippen LogP contribution in [0, 0.1) is 5.41 Å². The van der Waals surface area contributed by atoms with Crippen LogP contribution in [-0.2, 0) is 7.05 Å². The zero-order valence-corrected chi connectivity index (χ0v) is 13.2. The number of aromatic nitrogens is 2. The van der Waals surface area contributed by atoms with Gasteiger partial charge in [-0.05, 0) is 35.4 Å². The van der Waals surface area contributed by atoms with Crippen LogP contribution in [0.4, 0.5) is 5.69 Å². The van der Waals surface area contributed by atoms with E-state index in [2.05, 4.69) is 59.2 Å². The van der Waals surface area contributed by atoms with Crippen molar-refractivity contribution in [1.29, 1.82) is 0 Å². The second kappa shape index (κ2) is 5.84. The monoisotopic (exact) mass is 316 g/mol. The first-order chi connectivity index (χ1) is 8.23. The van der Waals surface area contributed by atoms with E-state index in [9.17, 15) is 4.79 Å². The molecule has 1 aromatic rings. The van der Waals surface area contributed by atoms with Crippen LogP contribution in [0.2, 0.25) is 0 Å². The van der Waals surface area contributed by atoms with Gasteiger partial charge < -0.3 is 10.2 Å². The Hall–Kier alpha value is -0.880.